The molecule has 5 heteroatoms. The molecule has 0 saturated carbocycles. The number of carbonyl (C=O) groups is 1. The van der Waals surface area contributed by atoms with E-state index in [0.29, 0.717) is 6.42 Å². The number of carbonyl (C=O) groups excluding carboxylic acids is 1. The van der Waals surface area contributed by atoms with Crippen molar-refractivity contribution in [2.45, 2.75) is 19.3 Å². The van der Waals surface area contributed by atoms with Crippen molar-refractivity contribution in [2.24, 2.45) is 0 Å². The molecule has 0 radical (unpaired) electrons. The highest BCUT2D eigenvalue weighted by Crippen LogP contribution is 2.21. The Kier molecular flexibility index (Phi) is 4.51. The van der Waals surface area contributed by atoms with E-state index >= 15 is 0 Å². The van der Waals surface area contributed by atoms with E-state index in [0.717, 1.165) is 35.3 Å². The molecule has 0 atom stereocenters. The molecular formula is C21H20N4O. The van der Waals surface area contributed by atoms with Crippen molar-refractivity contribution in [3.8, 4) is 11.3 Å². The highest BCUT2D eigenvalue weighted by atomic mass is 16.1. The predicted octanol–water partition coefficient (Wildman–Crippen LogP) is 4.52. The molecular weight excluding hydrogens is 324 g/mol. The number of aryl methyl sites for hydroxylation is 1. The molecule has 0 saturated heterocycles. The van der Waals surface area contributed by atoms with E-state index in [1.807, 2.05) is 48.7 Å². The van der Waals surface area contributed by atoms with Gasteiger partial charge in [0.15, 0.2) is 0 Å². The second-order valence-corrected chi connectivity index (χ2v) is 6.31. The van der Waals surface area contributed by atoms with Gasteiger partial charge in [0.1, 0.15) is 0 Å². The van der Waals surface area contributed by atoms with Crippen LogP contribution in [0.5, 0.6) is 0 Å². The standard InChI is InChI=1S/C21H20N4O/c26-21(10-4-6-16-14-22-20-9-2-1-8-18(16)20)24-17-7-3-5-15(13-17)19-11-12-23-25-19/h1-3,5,7-9,11-14,22H,4,6,10H2,(H,23,25)(H,24,26). The normalized spacial score (nSPS) is 10.9. The van der Waals surface area contributed by atoms with Gasteiger partial charge in [0, 0.05) is 41.0 Å². The summed E-state index contributed by atoms with van der Waals surface area (Å²) in [6.07, 6.45) is 5.94. The summed E-state index contributed by atoms with van der Waals surface area (Å²) in [6.45, 7) is 0. The molecule has 0 bridgehead atoms. The number of benzene rings is 2. The minimum atomic E-state index is 0.0339. The monoisotopic (exact) mass is 344 g/mol. The summed E-state index contributed by atoms with van der Waals surface area (Å²) in [7, 11) is 0. The van der Waals surface area contributed by atoms with Crippen molar-refractivity contribution in [3.05, 3.63) is 72.6 Å². The third-order valence-corrected chi connectivity index (χ3v) is 4.48. The van der Waals surface area contributed by atoms with Crippen LogP contribution in [0.1, 0.15) is 18.4 Å². The van der Waals surface area contributed by atoms with Gasteiger partial charge in [-0.3, -0.25) is 9.89 Å². The van der Waals surface area contributed by atoms with Crippen LogP contribution in [0.25, 0.3) is 22.2 Å². The molecule has 3 N–H and O–H groups in total. The minimum Gasteiger partial charge on any atom is -0.361 e. The maximum atomic E-state index is 12.3. The summed E-state index contributed by atoms with van der Waals surface area (Å²) in [5.74, 6) is 0.0339. The zero-order valence-electron chi connectivity index (χ0n) is 14.3. The van der Waals surface area contributed by atoms with Crippen LogP contribution >= 0.6 is 0 Å². The molecule has 4 rings (SSSR count). The van der Waals surface area contributed by atoms with Gasteiger partial charge in [0.05, 0.1) is 5.69 Å². The van der Waals surface area contributed by atoms with Crippen LogP contribution in [-0.2, 0) is 11.2 Å². The van der Waals surface area contributed by atoms with Gasteiger partial charge >= 0.3 is 0 Å². The highest BCUT2D eigenvalue weighted by molar-refractivity contribution is 5.91. The number of hydrogen-bond donors (Lipinski definition) is 3. The van der Waals surface area contributed by atoms with E-state index in [-0.39, 0.29) is 5.91 Å². The molecule has 0 aliphatic rings. The summed E-state index contributed by atoms with van der Waals surface area (Å²) in [6, 6.07) is 17.9. The van der Waals surface area contributed by atoms with Gasteiger partial charge in [-0.25, -0.2) is 0 Å². The Morgan fingerprint density at radius 3 is 2.88 bits per heavy atom. The Labute approximate surface area is 151 Å². The Balaban J connectivity index is 1.34. The Morgan fingerprint density at radius 2 is 2.00 bits per heavy atom. The molecule has 0 spiro atoms. The molecule has 0 aliphatic carbocycles. The Morgan fingerprint density at radius 1 is 1.08 bits per heavy atom. The van der Waals surface area contributed by atoms with Crippen molar-refractivity contribution < 1.29 is 4.79 Å². The quantitative estimate of drug-likeness (QED) is 0.481. The average Bonchev–Trinajstić information content (AvgIpc) is 3.32. The van der Waals surface area contributed by atoms with Crippen LogP contribution in [0.2, 0.25) is 0 Å². The van der Waals surface area contributed by atoms with Gasteiger partial charge in [-0.1, -0.05) is 30.3 Å². The minimum absolute atomic E-state index is 0.0339. The highest BCUT2D eigenvalue weighted by Gasteiger charge is 2.07. The summed E-state index contributed by atoms with van der Waals surface area (Å²) < 4.78 is 0. The van der Waals surface area contributed by atoms with Crippen LogP contribution in [-0.4, -0.2) is 21.1 Å². The topological polar surface area (TPSA) is 73.6 Å². The van der Waals surface area contributed by atoms with E-state index in [2.05, 4.69) is 32.6 Å². The van der Waals surface area contributed by atoms with Gasteiger partial charge in [-0.15, -0.1) is 0 Å². The first kappa shape index (κ1) is 16.1. The Bertz CT molecular complexity index is 1020. The van der Waals surface area contributed by atoms with E-state index in [9.17, 15) is 4.79 Å². The van der Waals surface area contributed by atoms with Crippen molar-refractivity contribution in [1.82, 2.24) is 15.2 Å². The number of rotatable bonds is 6. The maximum Gasteiger partial charge on any atom is 0.224 e. The zero-order chi connectivity index (χ0) is 17.8. The van der Waals surface area contributed by atoms with Crippen LogP contribution in [0.3, 0.4) is 0 Å². The molecule has 0 unspecified atom stereocenters. The third-order valence-electron chi connectivity index (χ3n) is 4.48. The SMILES string of the molecule is O=C(CCCc1c[nH]c2ccccc12)Nc1cccc(-c2ccn[nH]2)c1. The Hall–Kier alpha value is -3.34. The van der Waals surface area contributed by atoms with E-state index in [1.165, 1.54) is 10.9 Å². The van der Waals surface area contributed by atoms with Gasteiger partial charge < -0.3 is 10.3 Å². The number of hydrogen-bond acceptors (Lipinski definition) is 2. The molecule has 2 aromatic heterocycles. The number of amides is 1. The molecule has 1 amide bonds. The fraction of sp³-hybridized carbons (Fsp3) is 0.143. The smallest absolute Gasteiger partial charge is 0.224 e. The van der Waals surface area contributed by atoms with Crippen LogP contribution in [0.4, 0.5) is 5.69 Å². The molecule has 0 fully saturated rings. The number of aromatic nitrogens is 3. The van der Waals surface area contributed by atoms with Gasteiger partial charge in [0.2, 0.25) is 5.91 Å². The van der Waals surface area contributed by atoms with Gasteiger partial charge in [-0.2, -0.15) is 5.10 Å². The third kappa shape index (κ3) is 3.52. The lowest BCUT2D eigenvalue weighted by Gasteiger charge is -2.07. The second-order valence-electron chi connectivity index (χ2n) is 6.31. The summed E-state index contributed by atoms with van der Waals surface area (Å²) in [4.78, 5) is 15.5. The molecule has 0 aliphatic heterocycles. The van der Waals surface area contributed by atoms with E-state index in [4.69, 9.17) is 0 Å². The number of para-hydroxylation sites is 1. The average molecular weight is 344 g/mol. The second kappa shape index (κ2) is 7.27. The number of anilines is 1. The first-order chi connectivity index (χ1) is 12.8. The van der Waals surface area contributed by atoms with Crippen molar-refractivity contribution in [2.75, 3.05) is 5.32 Å². The van der Waals surface area contributed by atoms with E-state index in [1.54, 1.807) is 6.20 Å². The number of nitrogens with zero attached hydrogens (tertiary/aromatic N) is 1. The van der Waals surface area contributed by atoms with Crippen molar-refractivity contribution >= 4 is 22.5 Å². The number of fused-ring (bicyclic) bond motifs is 1. The summed E-state index contributed by atoms with van der Waals surface area (Å²) >= 11 is 0. The molecule has 26 heavy (non-hydrogen) atoms. The molecule has 130 valence electrons. The fourth-order valence-electron chi connectivity index (χ4n) is 3.18. The summed E-state index contributed by atoms with van der Waals surface area (Å²) in [5.41, 5.74) is 5.13. The predicted molar refractivity (Wildman–Crippen MR) is 104 cm³/mol. The van der Waals surface area contributed by atoms with E-state index < -0.39 is 0 Å². The number of aromatic amines is 2. The number of nitrogens with one attached hydrogen (secondary N) is 3. The molecule has 2 heterocycles. The lowest BCUT2D eigenvalue weighted by molar-refractivity contribution is -0.116. The number of H-pyrrole nitrogens is 2. The fourth-order valence-corrected chi connectivity index (χ4v) is 3.18. The first-order valence-corrected chi connectivity index (χ1v) is 8.74. The largest absolute Gasteiger partial charge is 0.361 e. The van der Waals surface area contributed by atoms with Gasteiger partial charge in [0.25, 0.3) is 0 Å². The lowest BCUT2D eigenvalue weighted by atomic mass is 10.1. The first-order valence-electron chi connectivity index (χ1n) is 8.74. The van der Waals surface area contributed by atoms with Crippen molar-refractivity contribution in [1.29, 1.82) is 0 Å². The van der Waals surface area contributed by atoms with Crippen molar-refractivity contribution in [3.63, 3.8) is 0 Å². The lowest BCUT2D eigenvalue weighted by Crippen LogP contribution is -2.11. The molecule has 2 aromatic carbocycles. The maximum absolute atomic E-state index is 12.3. The molecule has 5 nitrogen and oxygen atoms in total. The van der Waals surface area contributed by atoms with Crippen LogP contribution < -0.4 is 5.32 Å². The summed E-state index contributed by atoms with van der Waals surface area (Å²) in [5, 5.41) is 11.1. The zero-order valence-corrected chi connectivity index (χ0v) is 14.3. The van der Waals surface area contributed by atoms with Crippen LogP contribution in [0.15, 0.2) is 67.0 Å². The molecule has 4 aromatic rings. The van der Waals surface area contributed by atoms with Crippen LogP contribution in [0, 0.1) is 0 Å². The van der Waals surface area contributed by atoms with Gasteiger partial charge in [-0.05, 0) is 42.7 Å².